The molecule has 0 aliphatic carbocycles. The second kappa shape index (κ2) is 8.37. The molecule has 1 aromatic heterocycles. The fourth-order valence-corrected chi connectivity index (χ4v) is 2.64. The lowest BCUT2D eigenvalue weighted by molar-refractivity contribution is 0.285. The molecule has 4 nitrogen and oxygen atoms in total. The number of ether oxygens (including phenoxy) is 1. The van der Waals surface area contributed by atoms with E-state index < -0.39 is 0 Å². The van der Waals surface area contributed by atoms with Crippen molar-refractivity contribution in [3.8, 4) is 5.75 Å². The zero-order chi connectivity index (χ0) is 16.3. The van der Waals surface area contributed by atoms with Crippen LogP contribution in [0, 0.1) is 20.8 Å². The first kappa shape index (κ1) is 19.5. The monoisotopic (exact) mass is 339 g/mol. The van der Waals surface area contributed by atoms with Gasteiger partial charge in [-0.15, -0.1) is 12.4 Å². The van der Waals surface area contributed by atoms with Gasteiger partial charge < -0.3 is 14.5 Å². The van der Waals surface area contributed by atoms with Crippen molar-refractivity contribution in [3.05, 3.63) is 39.2 Å². The van der Waals surface area contributed by atoms with Crippen LogP contribution < -0.4 is 15.7 Å². The van der Waals surface area contributed by atoms with E-state index in [0.717, 1.165) is 35.1 Å². The predicted molar refractivity (Wildman–Crippen MR) is 97.2 cm³/mol. The normalized spacial score (nSPS) is 12.0. The molecule has 0 fully saturated rings. The Balaban J connectivity index is 0.00000264. The van der Waals surface area contributed by atoms with E-state index in [-0.39, 0.29) is 18.0 Å². The number of halogens is 1. The summed E-state index contributed by atoms with van der Waals surface area (Å²) < 4.78 is 11.4. The lowest BCUT2D eigenvalue weighted by atomic mass is 10.0. The maximum absolute atomic E-state index is 11.9. The number of hydrogen-bond donors (Lipinski definition) is 1. The van der Waals surface area contributed by atoms with Crippen LogP contribution in [0.2, 0.25) is 0 Å². The van der Waals surface area contributed by atoms with Gasteiger partial charge in [0.2, 0.25) is 0 Å². The summed E-state index contributed by atoms with van der Waals surface area (Å²) in [5.41, 5.74) is 2.88. The van der Waals surface area contributed by atoms with E-state index in [1.165, 1.54) is 0 Å². The van der Waals surface area contributed by atoms with E-state index in [9.17, 15) is 4.79 Å². The van der Waals surface area contributed by atoms with Crippen molar-refractivity contribution in [1.29, 1.82) is 0 Å². The molecule has 23 heavy (non-hydrogen) atoms. The Morgan fingerprint density at radius 2 is 1.87 bits per heavy atom. The maximum atomic E-state index is 11.9. The smallest absolute Gasteiger partial charge is 0.339 e. The van der Waals surface area contributed by atoms with Crippen molar-refractivity contribution in [2.24, 2.45) is 0 Å². The molecule has 1 N–H and O–H groups in total. The molecule has 2 aromatic rings. The van der Waals surface area contributed by atoms with Gasteiger partial charge in [-0.05, 0) is 58.4 Å². The lowest BCUT2D eigenvalue weighted by Gasteiger charge is -2.16. The van der Waals surface area contributed by atoms with Gasteiger partial charge in [0.1, 0.15) is 11.3 Å². The van der Waals surface area contributed by atoms with Gasteiger partial charge in [-0.2, -0.15) is 0 Å². The number of fused-ring (bicyclic) bond motifs is 1. The van der Waals surface area contributed by atoms with Gasteiger partial charge in [0.15, 0.2) is 0 Å². The van der Waals surface area contributed by atoms with Crippen LogP contribution in [-0.2, 0) is 0 Å². The van der Waals surface area contributed by atoms with Crippen LogP contribution in [0.1, 0.15) is 36.5 Å². The molecular formula is C18H26ClNO3. The highest BCUT2D eigenvalue weighted by Crippen LogP contribution is 2.29. The Labute approximate surface area is 143 Å². The summed E-state index contributed by atoms with van der Waals surface area (Å²) >= 11 is 0. The zero-order valence-electron chi connectivity index (χ0n) is 14.5. The average Bonchev–Trinajstić information content (AvgIpc) is 2.52. The second-order valence-corrected chi connectivity index (χ2v) is 5.74. The third-order valence-electron chi connectivity index (χ3n) is 4.45. The molecule has 1 atom stereocenters. The molecule has 2 rings (SSSR count). The minimum atomic E-state index is -0.272. The first-order valence-electron chi connectivity index (χ1n) is 7.83. The van der Waals surface area contributed by atoms with Gasteiger partial charge in [-0.25, -0.2) is 4.79 Å². The minimum Gasteiger partial charge on any atom is -0.493 e. The van der Waals surface area contributed by atoms with E-state index in [2.05, 4.69) is 12.2 Å². The molecule has 0 saturated carbocycles. The number of rotatable bonds is 6. The van der Waals surface area contributed by atoms with E-state index in [0.29, 0.717) is 23.8 Å². The first-order valence-corrected chi connectivity index (χ1v) is 7.83. The average molecular weight is 340 g/mol. The highest BCUT2D eigenvalue weighted by molar-refractivity contribution is 5.85. The van der Waals surface area contributed by atoms with Gasteiger partial charge >= 0.3 is 5.63 Å². The van der Waals surface area contributed by atoms with Gasteiger partial charge in [-0.3, -0.25) is 0 Å². The van der Waals surface area contributed by atoms with Gasteiger partial charge in [-0.1, -0.05) is 6.92 Å². The van der Waals surface area contributed by atoms with Crippen LogP contribution in [-0.4, -0.2) is 19.7 Å². The molecule has 1 unspecified atom stereocenters. The lowest BCUT2D eigenvalue weighted by Crippen LogP contribution is -2.26. The Kier molecular flexibility index (Phi) is 7.10. The molecule has 0 spiro atoms. The summed E-state index contributed by atoms with van der Waals surface area (Å²) in [7, 11) is 1.97. The van der Waals surface area contributed by atoms with Crippen LogP contribution in [0.25, 0.3) is 11.0 Å². The Hall–Kier alpha value is -1.52. The topological polar surface area (TPSA) is 51.5 Å². The summed E-state index contributed by atoms with van der Waals surface area (Å²) in [5, 5.41) is 4.24. The summed E-state index contributed by atoms with van der Waals surface area (Å²) in [5.74, 6) is 0.782. The first-order chi connectivity index (χ1) is 10.5. The van der Waals surface area contributed by atoms with Crippen LogP contribution in [0.15, 0.2) is 21.3 Å². The Bertz CT molecular complexity index is 720. The molecule has 0 bridgehead atoms. The Morgan fingerprint density at radius 3 is 2.48 bits per heavy atom. The van der Waals surface area contributed by atoms with E-state index in [4.69, 9.17) is 9.15 Å². The molecule has 1 heterocycles. The predicted octanol–water partition coefficient (Wildman–Crippen LogP) is 3.91. The number of benzene rings is 1. The third kappa shape index (κ3) is 4.06. The van der Waals surface area contributed by atoms with Crippen LogP contribution in [0.4, 0.5) is 0 Å². The molecule has 0 radical (unpaired) electrons. The minimum absolute atomic E-state index is 0. The standard InChI is InChI=1S/C18H25NO3.ClH/c1-6-14(19-5)9-10-21-16-8-7-15-11(2)12(3)18(20)22-17(15)13(16)4;/h7-8,14,19H,6,9-10H2,1-5H3;1H. The molecule has 1 aromatic carbocycles. The number of hydrogen-bond acceptors (Lipinski definition) is 4. The van der Waals surface area contributed by atoms with Crippen molar-refractivity contribution in [2.45, 2.75) is 46.6 Å². The fraction of sp³-hybridized carbons (Fsp3) is 0.500. The highest BCUT2D eigenvalue weighted by Gasteiger charge is 2.13. The van der Waals surface area contributed by atoms with Crippen LogP contribution >= 0.6 is 12.4 Å². The molecule has 0 aliphatic rings. The van der Waals surface area contributed by atoms with Gasteiger partial charge in [0, 0.05) is 22.6 Å². The second-order valence-electron chi connectivity index (χ2n) is 5.74. The van der Waals surface area contributed by atoms with E-state index >= 15 is 0 Å². The van der Waals surface area contributed by atoms with E-state index in [1.807, 2.05) is 33.0 Å². The van der Waals surface area contributed by atoms with Crippen LogP contribution in [0.5, 0.6) is 5.75 Å². The number of nitrogens with one attached hydrogen (secondary N) is 1. The zero-order valence-corrected chi connectivity index (χ0v) is 15.3. The molecule has 0 saturated heterocycles. The van der Waals surface area contributed by atoms with E-state index in [1.54, 1.807) is 6.92 Å². The SMILES string of the molecule is CCC(CCOc1ccc2c(C)c(C)c(=O)oc2c1C)NC.Cl. The summed E-state index contributed by atoms with van der Waals surface area (Å²) in [6.45, 7) is 8.48. The van der Waals surface area contributed by atoms with Gasteiger partial charge in [0.25, 0.3) is 0 Å². The molecular weight excluding hydrogens is 314 g/mol. The van der Waals surface area contributed by atoms with Crippen molar-refractivity contribution in [2.75, 3.05) is 13.7 Å². The van der Waals surface area contributed by atoms with Crippen molar-refractivity contribution in [3.63, 3.8) is 0 Å². The third-order valence-corrected chi connectivity index (χ3v) is 4.45. The van der Waals surface area contributed by atoms with Gasteiger partial charge in [0.05, 0.1) is 6.61 Å². The highest BCUT2D eigenvalue weighted by atomic mass is 35.5. The molecule has 0 aliphatic heterocycles. The molecule has 0 amide bonds. The molecule has 5 heteroatoms. The Morgan fingerprint density at radius 1 is 1.17 bits per heavy atom. The number of aryl methyl sites for hydroxylation is 2. The molecule has 128 valence electrons. The van der Waals surface area contributed by atoms with Crippen molar-refractivity contribution >= 4 is 23.4 Å². The van der Waals surface area contributed by atoms with Crippen molar-refractivity contribution < 1.29 is 9.15 Å². The van der Waals surface area contributed by atoms with Crippen LogP contribution in [0.3, 0.4) is 0 Å². The summed E-state index contributed by atoms with van der Waals surface area (Å²) in [6.07, 6.45) is 2.02. The maximum Gasteiger partial charge on any atom is 0.339 e. The summed E-state index contributed by atoms with van der Waals surface area (Å²) in [6, 6.07) is 4.39. The van der Waals surface area contributed by atoms with Crippen molar-refractivity contribution in [1.82, 2.24) is 5.32 Å². The fourth-order valence-electron chi connectivity index (χ4n) is 2.64. The summed E-state index contributed by atoms with van der Waals surface area (Å²) in [4.78, 5) is 11.9. The largest absolute Gasteiger partial charge is 0.493 e. The quantitative estimate of drug-likeness (QED) is 0.811.